The van der Waals surface area contributed by atoms with Crippen molar-refractivity contribution in [3.05, 3.63) is 29.3 Å². The van der Waals surface area contributed by atoms with Gasteiger partial charge in [0.2, 0.25) is 5.91 Å². The molecule has 1 aromatic carbocycles. The Morgan fingerprint density at radius 1 is 1.32 bits per heavy atom. The Balaban J connectivity index is 1.99. The van der Waals surface area contributed by atoms with Crippen LogP contribution in [0.1, 0.15) is 33.6 Å². The zero-order chi connectivity index (χ0) is 16.3. The molecule has 2 fully saturated rings. The van der Waals surface area contributed by atoms with Gasteiger partial charge < -0.3 is 5.32 Å². The highest BCUT2D eigenvalue weighted by atomic mass is 79.9. The molecule has 2 aliphatic rings. The lowest BCUT2D eigenvalue weighted by Gasteiger charge is -2.39. The quantitative estimate of drug-likeness (QED) is 0.766. The fourth-order valence-electron chi connectivity index (χ4n) is 4.26. The number of Topliss-reactive ketones (excluding diaryl/α,β-unsaturated/α-hetero) is 1. The molecule has 0 aromatic heterocycles. The lowest BCUT2D eigenvalue weighted by molar-refractivity contribution is -0.130. The first-order chi connectivity index (χ1) is 10.2. The highest BCUT2D eigenvalue weighted by Crippen LogP contribution is 2.72. The summed E-state index contributed by atoms with van der Waals surface area (Å²) in [6.45, 7) is 6.07. The normalized spacial score (nSPS) is 35.7. The molecule has 3 rings (SSSR count). The van der Waals surface area contributed by atoms with Gasteiger partial charge in [-0.25, -0.2) is 0 Å². The number of amides is 1. The topological polar surface area (TPSA) is 46.2 Å². The molecule has 1 aromatic rings. The van der Waals surface area contributed by atoms with Crippen LogP contribution >= 0.6 is 27.5 Å². The van der Waals surface area contributed by atoms with Crippen LogP contribution in [0.3, 0.4) is 0 Å². The minimum absolute atomic E-state index is 0.101. The number of hydrogen-bond acceptors (Lipinski definition) is 2. The van der Waals surface area contributed by atoms with Crippen LogP contribution in [0.4, 0.5) is 5.69 Å². The van der Waals surface area contributed by atoms with Gasteiger partial charge in [-0.1, -0.05) is 54.4 Å². The molecule has 0 spiro atoms. The SMILES string of the molecule is CC1(C)[C@]2(C)CC[C@@]1(C(=O)Nc1cccc(Cl)c1)[C@@H](Br)C2=O. The first-order valence-electron chi connectivity index (χ1n) is 7.42. The number of halogens is 2. The van der Waals surface area contributed by atoms with E-state index < -0.39 is 21.1 Å². The number of alkyl halides is 1. The summed E-state index contributed by atoms with van der Waals surface area (Å²) < 4.78 is 0. The molecule has 1 N–H and O–H groups in total. The van der Waals surface area contributed by atoms with Gasteiger partial charge in [-0.2, -0.15) is 0 Å². The van der Waals surface area contributed by atoms with E-state index in [4.69, 9.17) is 11.6 Å². The average Bonchev–Trinajstić information content (AvgIpc) is 2.71. The monoisotopic (exact) mass is 383 g/mol. The summed E-state index contributed by atoms with van der Waals surface area (Å²) in [5, 5.41) is 3.53. The number of nitrogens with one attached hydrogen (secondary N) is 1. The first kappa shape index (κ1) is 16.0. The molecule has 0 heterocycles. The zero-order valence-corrected chi connectivity index (χ0v) is 15.2. The van der Waals surface area contributed by atoms with Gasteiger partial charge in [0.05, 0.1) is 10.2 Å². The molecule has 2 bridgehead atoms. The number of rotatable bonds is 2. The lowest BCUT2D eigenvalue weighted by Crippen LogP contribution is -2.47. The maximum absolute atomic E-state index is 13.1. The summed E-state index contributed by atoms with van der Waals surface area (Å²) in [4.78, 5) is 25.3. The number of hydrogen-bond donors (Lipinski definition) is 1. The van der Waals surface area contributed by atoms with Gasteiger partial charge >= 0.3 is 0 Å². The van der Waals surface area contributed by atoms with Crippen LogP contribution in [-0.4, -0.2) is 16.5 Å². The van der Waals surface area contributed by atoms with E-state index in [0.717, 1.165) is 6.42 Å². The molecule has 22 heavy (non-hydrogen) atoms. The average molecular weight is 385 g/mol. The Bertz CT molecular complexity index is 674. The van der Waals surface area contributed by atoms with Gasteiger partial charge in [-0.3, -0.25) is 9.59 Å². The van der Waals surface area contributed by atoms with Crippen LogP contribution < -0.4 is 5.32 Å². The number of carbonyl (C=O) groups is 2. The largest absolute Gasteiger partial charge is 0.325 e. The van der Waals surface area contributed by atoms with Crippen molar-refractivity contribution in [2.24, 2.45) is 16.2 Å². The third-order valence-corrected chi connectivity index (χ3v) is 7.64. The standard InChI is InChI=1S/C17H19BrClNO2/c1-15(2)16(3)7-8-17(15,12(18)13(16)21)14(22)20-11-6-4-5-10(19)9-11/h4-6,9,12H,7-8H2,1-3H3,(H,20,22)/t12-,16+,17-/m0/s1. The number of anilines is 1. The molecule has 118 valence electrons. The highest BCUT2D eigenvalue weighted by Gasteiger charge is 2.76. The Morgan fingerprint density at radius 3 is 2.55 bits per heavy atom. The molecule has 2 aliphatic carbocycles. The Hall–Kier alpha value is -0.870. The van der Waals surface area contributed by atoms with Crippen LogP contribution in [-0.2, 0) is 9.59 Å². The molecule has 3 atom stereocenters. The highest BCUT2D eigenvalue weighted by molar-refractivity contribution is 9.10. The molecule has 2 saturated carbocycles. The van der Waals surface area contributed by atoms with Crippen molar-refractivity contribution in [1.29, 1.82) is 0 Å². The Morgan fingerprint density at radius 2 is 2.00 bits per heavy atom. The molecular formula is C17H19BrClNO2. The predicted molar refractivity (Wildman–Crippen MR) is 91.4 cm³/mol. The second-order valence-electron chi connectivity index (χ2n) is 7.12. The zero-order valence-electron chi connectivity index (χ0n) is 12.9. The van der Waals surface area contributed by atoms with E-state index in [1.54, 1.807) is 18.2 Å². The summed E-state index contributed by atoms with van der Waals surface area (Å²) in [7, 11) is 0. The van der Waals surface area contributed by atoms with Crippen LogP contribution in [0.5, 0.6) is 0 Å². The number of fused-ring (bicyclic) bond motifs is 2. The first-order valence-corrected chi connectivity index (χ1v) is 8.71. The molecular weight excluding hydrogens is 366 g/mol. The van der Waals surface area contributed by atoms with E-state index in [1.165, 1.54) is 0 Å². The van der Waals surface area contributed by atoms with Gasteiger partial charge in [0.15, 0.2) is 5.78 Å². The van der Waals surface area contributed by atoms with Crippen LogP contribution in [0.2, 0.25) is 5.02 Å². The maximum atomic E-state index is 13.1. The van der Waals surface area contributed by atoms with Crippen molar-refractivity contribution in [1.82, 2.24) is 0 Å². The third-order valence-electron chi connectivity index (χ3n) is 6.21. The van der Waals surface area contributed by atoms with E-state index in [1.807, 2.05) is 26.8 Å². The summed E-state index contributed by atoms with van der Waals surface area (Å²) in [6.07, 6.45) is 1.47. The van der Waals surface area contributed by atoms with Crippen molar-refractivity contribution in [2.75, 3.05) is 5.32 Å². The van der Waals surface area contributed by atoms with Crippen molar-refractivity contribution < 1.29 is 9.59 Å². The third kappa shape index (κ3) is 1.74. The second-order valence-corrected chi connectivity index (χ2v) is 8.47. The smallest absolute Gasteiger partial charge is 0.232 e. The minimum Gasteiger partial charge on any atom is -0.325 e. The van der Waals surface area contributed by atoms with Gasteiger partial charge in [0, 0.05) is 16.1 Å². The molecule has 3 nitrogen and oxygen atoms in total. The summed E-state index contributed by atoms with van der Waals surface area (Å²) in [5.74, 6) is 0.0428. The Labute approximate surface area is 143 Å². The molecule has 0 saturated heterocycles. The van der Waals surface area contributed by atoms with Crippen molar-refractivity contribution in [3.8, 4) is 0 Å². The lowest BCUT2D eigenvalue weighted by atomic mass is 9.64. The fourth-order valence-corrected chi connectivity index (χ4v) is 5.97. The van der Waals surface area contributed by atoms with Crippen molar-refractivity contribution >= 4 is 44.9 Å². The molecule has 1 amide bonds. The number of benzene rings is 1. The fraction of sp³-hybridized carbons (Fsp3) is 0.529. The van der Waals surface area contributed by atoms with Gasteiger partial charge in [0.1, 0.15) is 0 Å². The van der Waals surface area contributed by atoms with E-state index in [9.17, 15) is 9.59 Å². The van der Waals surface area contributed by atoms with Gasteiger partial charge in [-0.15, -0.1) is 0 Å². The second kappa shape index (κ2) is 4.81. The molecule has 0 radical (unpaired) electrons. The Kier molecular flexibility index (Phi) is 3.50. The predicted octanol–water partition coefficient (Wildman–Crippen LogP) is 4.44. The molecule has 0 aliphatic heterocycles. The molecule has 0 unspecified atom stereocenters. The van der Waals surface area contributed by atoms with Crippen molar-refractivity contribution in [3.63, 3.8) is 0 Å². The summed E-state index contributed by atoms with van der Waals surface area (Å²) in [6, 6.07) is 7.09. The van der Waals surface area contributed by atoms with Gasteiger partial charge in [0.25, 0.3) is 0 Å². The van der Waals surface area contributed by atoms with Crippen LogP contribution in [0, 0.1) is 16.2 Å². The summed E-state index contributed by atoms with van der Waals surface area (Å²) >= 11 is 9.50. The van der Waals surface area contributed by atoms with E-state index in [0.29, 0.717) is 17.1 Å². The van der Waals surface area contributed by atoms with Gasteiger partial charge in [-0.05, 0) is 36.5 Å². The minimum atomic E-state index is -0.721. The van der Waals surface area contributed by atoms with Crippen molar-refractivity contribution in [2.45, 2.75) is 38.4 Å². The number of carbonyl (C=O) groups excluding carboxylic acids is 2. The van der Waals surface area contributed by atoms with Crippen LogP contribution in [0.25, 0.3) is 0 Å². The number of ketones is 1. The maximum Gasteiger partial charge on any atom is 0.232 e. The van der Waals surface area contributed by atoms with E-state index >= 15 is 0 Å². The molecule has 5 heteroatoms. The van der Waals surface area contributed by atoms with E-state index in [-0.39, 0.29) is 11.7 Å². The summed E-state index contributed by atoms with van der Waals surface area (Å²) in [5.41, 5.74) is -0.905. The van der Waals surface area contributed by atoms with E-state index in [2.05, 4.69) is 21.2 Å². The van der Waals surface area contributed by atoms with Crippen LogP contribution in [0.15, 0.2) is 24.3 Å².